The number of hydrogen-bond acceptors (Lipinski definition) is 9. The number of hydrogen-bond donors (Lipinski definition) is 5. The van der Waals surface area contributed by atoms with Gasteiger partial charge in [-0.2, -0.15) is 0 Å². The second kappa shape index (κ2) is 15.6. The number of aromatic amines is 1. The van der Waals surface area contributed by atoms with E-state index in [2.05, 4.69) is 63.5 Å². The molecule has 4 unspecified atom stereocenters. The number of aromatic nitrogens is 2. The third-order valence-corrected chi connectivity index (χ3v) is 13.6. The van der Waals surface area contributed by atoms with Crippen molar-refractivity contribution in [2.45, 2.75) is 102 Å². The van der Waals surface area contributed by atoms with Crippen molar-refractivity contribution in [1.29, 1.82) is 0 Å². The number of imidazole rings is 1. The molecule has 0 aromatic carbocycles. The third-order valence-electron chi connectivity index (χ3n) is 13.6. The summed E-state index contributed by atoms with van der Waals surface area (Å²) in [4.78, 5) is 68.6. The highest BCUT2D eigenvalue weighted by Gasteiger charge is 2.51. The maximum absolute atomic E-state index is 14.3. The van der Waals surface area contributed by atoms with Gasteiger partial charge >= 0.3 is 12.2 Å². The molecule has 5 heterocycles. The largest absolute Gasteiger partial charge is 0.465 e. The molecule has 1 aromatic heterocycles. The van der Waals surface area contributed by atoms with Gasteiger partial charge in [-0.1, -0.05) is 58.4 Å². The first-order valence-electron chi connectivity index (χ1n) is 21.4. The van der Waals surface area contributed by atoms with Crippen LogP contribution in [0.3, 0.4) is 0 Å². The molecule has 0 radical (unpaired) electrons. The molecule has 1 aromatic rings. The summed E-state index contributed by atoms with van der Waals surface area (Å²) < 4.78 is 11.2. The van der Waals surface area contributed by atoms with Crippen LogP contribution in [-0.2, 0) is 19.1 Å². The van der Waals surface area contributed by atoms with Gasteiger partial charge < -0.3 is 45.3 Å². The Morgan fingerprint density at radius 1 is 0.967 bits per heavy atom. The number of nitrogens with one attached hydrogen (secondary N) is 4. The molecule has 2 saturated heterocycles. The van der Waals surface area contributed by atoms with Crippen LogP contribution < -0.4 is 16.0 Å². The van der Waals surface area contributed by atoms with E-state index >= 15 is 0 Å². The van der Waals surface area contributed by atoms with E-state index < -0.39 is 24.3 Å². The number of amides is 4. The van der Waals surface area contributed by atoms with E-state index in [1.54, 1.807) is 11.1 Å². The number of carbonyl (C=O) groups is 4. The van der Waals surface area contributed by atoms with Crippen LogP contribution in [-0.4, -0.2) is 98.6 Å². The fourth-order valence-electron chi connectivity index (χ4n) is 10.6. The van der Waals surface area contributed by atoms with Gasteiger partial charge in [0.15, 0.2) is 0 Å². The number of aliphatic imine (C=N–C) groups is 1. The molecule has 3 fully saturated rings. The van der Waals surface area contributed by atoms with Crippen molar-refractivity contribution in [2.75, 3.05) is 13.7 Å². The van der Waals surface area contributed by atoms with Crippen molar-refractivity contribution in [3.8, 4) is 0 Å². The SMILES string of the molecule is COC(=O)N[C@H](C(=O)N1[C@H](C2=NC3=CC=C4C=C5C(=CC4C3N2)OC=C2C=C(c3cnc(C4CCCN4C(=O)[C@@H](NC(=O)O)C(C)C)[nH]3)C=CC25)C[C@@H]2CCC[C@@H]21)C(C)C. The average molecular weight is 819 g/mol. The number of carboxylic acid groups (broad SMARTS) is 1. The van der Waals surface area contributed by atoms with Crippen molar-refractivity contribution >= 4 is 35.4 Å². The highest BCUT2D eigenvalue weighted by molar-refractivity contribution is 5.97. The molecule has 0 bridgehead atoms. The van der Waals surface area contributed by atoms with Gasteiger partial charge in [-0.15, -0.1) is 0 Å². The van der Waals surface area contributed by atoms with E-state index in [-0.39, 0.29) is 59.7 Å². The zero-order valence-corrected chi connectivity index (χ0v) is 34.7. The van der Waals surface area contributed by atoms with Gasteiger partial charge in [0.2, 0.25) is 11.8 Å². The van der Waals surface area contributed by atoms with Crippen LogP contribution in [0, 0.1) is 29.6 Å². The van der Waals surface area contributed by atoms with Gasteiger partial charge in [0.25, 0.3) is 0 Å². The summed E-state index contributed by atoms with van der Waals surface area (Å²) in [7, 11) is 1.31. The maximum atomic E-state index is 14.3. The number of methoxy groups -OCH3 is 1. The average Bonchev–Trinajstić information content (AvgIpc) is 4.08. The minimum atomic E-state index is -1.21. The van der Waals surface area contributed by atoms with Gasteiger partial charge in [0, 0.05) is 30.0 Å². The first-order valence-corrected chi connectivity index (χ1v) is 21.4. The van der Waals surface area contributed by atoms with Crippen LogP contribution >= 0.6 is 0 Å². The van der Waals surface area contributed by atoms with Crippen LogP contribution in [0.2, 0.25) is 0 Å². The zero-order valence-electron chi connectivity index (χ0n) is 34.7. The van der Waals surface area contributed by atoms with Crippen LogP contribution in [0.25, 0.3) is 5.57 Å². The lowest BCUT2D eigenvalue weighted by Crippen LogP contribution is -2.57. The number of amidine groups is 1. The Morgan fingerprint density at radius 3 is 2.53 bits per heavy atom. The lowest BCUT2D eigenvalue weighted by molar-refractivity contribution is -0.136. The molecule has 4 aliphatic carbocycles. The van der Waals surface area contributed by atoms with Gasteiger partial charge in [0.1, 0.15) is 29.5 Å². The topological polar surface area (TPSA) is 191 Å². The van der Waals surface area contributed by atoms with Crippen LogP contribution in [0.4, 0.5) is 9.59 Å². The summed E-state index contributed by atoms with van der Waals surface area (Å²) in [5.41, 5.74) is 5.95. The summed E-state index contributed by atoms with van der Waals surface area (Å²) >= 11 is 0. The second-order valence-corrected chi connectivity index (χ2v) is 17.9. The lowest BCUT2D eigenvalue weighted by Gasteiger charge is -2.36. The Kier molecular flexibility index (Phi) is 10.3. The number of rotatable bonds is 9. The van der Waals surface area contributed by atoms with Crippen molar-refractivity contribution < 1.29 is 33.8 Å². The van der Waals surface area contributed by atoms with E-state index in [0.29, 0.717) is 18.3 Å². The van der Waals surface area contributed by atoms with Crippen LogP contribution in [0.15, 0.2) is 88.2 Å². The number of likely N-dealkylation sites (tertiary alicyclic amines) is 2. The fourth-order valence-corrected chi connectivity index (χ4v) is 10.6. The molecule has 5 N–H and O–H groups in total. The number of ether oxygens (including phenoxy) is 2. The molecule has 9 rings (SSSR count). The fraction of sp³-hybridized carbons (Fsp3) is 0.511. The zero-order chi connectivity index (χ0) is 42.0. The molecule has 1 saturated carbocycles. The highest BCUT2D eigenvalue weighted by Crippen LogP contribution is 2.47. The minimum absolute atomic E-state index is 0.00524. The highest BCUT2D eigenvalue weighted by atomic mass is 16.5. The molecule has 8 aliphatic rings. The Labute approximate surface area is 349 Å². The number of nitrogens with zero attached hydrogens (tertiary/aromatic N) is 4. The molecule has 60 heavy (non-hydrogen) atoms. The van der Waals surface area contributed by atoms with Gasteiger partial charge in [-0.3, -0.25) is 9.59 Å². The van der Waals surface area contributed by atoms with Gasteiger partial charge in [0.05, 0.1) is 49.1 Å². The summed E-state index contributed by atoms with van der Waals surface area (Å²) in [6, 6.07) is -2.00. The monoisotopic (exact) mass is 818 g/mol. The van der Waals surface area contributed by atoms with E-state index in [1.165, 1.54) is 7.11 Å². The van der Waals surface area contributed by atoms with E-state index in [1.807, 2.05) is 38.9 Å². The Hall–Kier alpha value is -5.86. The lowest BCUT2D eigenvalue weighted by atomic mass is 9.75. The molecule has 4 aliphatic heterocycles. The van der Waals surface area contributed by atoms with Gasteiger partial charge in [-0.25, -0.2) is 19.6 Å². The molecule has 0 spiro atoms. The van der Waals surface area contributed by atoms with Crippen LogP contribution in [0.1, 0.15) is 83.8 Å². The summed E-state index contributed by atoms with van der Waals surface area (Å²) in [5, 5.41) is 18.3. The summed E-state index contributed by atoms with van der Waals surface area (Å²) in [6.45, 7) is 8.09. The van der Waals surface area contributed by atoms with Crippen molar-refractivity contribution in [3.05, 3.63) is 94.7 Å². The molecule has 4 amide bonds. The van der Waals surface area contributed by atoms with Crippen molar-refractivity contribution in [3.63, 3.8) is 0 Å². The predicted molar refractivity (Wildman–Crippen MR) is 223 cm³/mol. The van der Waals surface area contributed by atoms with Gasteiger partial charge in [-0.05, 0) is 84.8 Å². The molecule has 15 heteroatoms. The number of fused-ring (bicyclic) bond motifs is 7. The molecular formula is C45H54N8O7. The minimum Gasteiger partial charge on any atom is -0.465 e. The number of H-pyrrole nitrogens is 1. The number of allylic oxidation sites excluding steroid dienone is 9. The van der Waals surface area contributed by atoms with E-state index in [0.717, 1.165) is 83.8 Å². The standard InChI is InChI=1S/C45H54N8O7/c1-22(2)37(50-44(56)57)42(54)52-15-7-10-34(52)40-46-20-32(48-40)25-11-13-28-27(16-25)21-60-36-19-29-24(17-30(28)36)12-14-31-39(29)49-41(47-31)35-18-26-8-6-9-33(26)53(35)43(55)38(23(3)4)51-45(58)59-5/h11-14,16-17,19-23,26,28-29,33-35,37-39,50H,6-10,15,18H2,1-5H3,(H,46,48)(H,47,49)(H,51,58)(H,56,57)/t26-,28?,29?,33-,34?,35-,37-,38-,39?/m0/s1. The smallest absolute Gasteiger partial charge is 0.407 e. The molecule has 316 valence electrons. The molecule has 15 nitrogen and oxygen atoms in total. The summed E-state index contributed by atoms with van der Waals surface area (Å²) in [5.74, 6) is 2.04. The predicted octanol–water partition coefficient (Wildman–Crippen LogP) is 5.63. The molecule has 9 atom stereocenters. The Bertz CT molecular complexity index is 2240. The Morgan fingerprint density at radius 2 is 1.77 bits per heavy atom. The normalized spacial score (nSPS) is 29.4. The number of carbonyl (C=O) groups excluding carboxylic acids is 3. The third kappa shape index (κ3) is 6.94. The quantitative estimate of drug-likeness (QED) is 0.210. The maximum Gasteiger partial charge on any atom is 0.407 e. The van der Waals surface area contributed by atoms with Crippen LogP contribution in [0.5, 0.6) is 0 Å². The van der Waals surface area contributed by atoms with Crippen molar-refractivity contribution in [1.82, 2.24) is 35.7 Å². The first kappa shape index (κ1) is 39.6. The Balaban J connectivity index is 0.903. The summed E-state index contributed by atoms with van der Waals surface area (Å²) in [6.07, 6.45) is 22.3. The van der Waals surface area contributed by atoms with E-state index in [4.69, 9.17) is 19.5 Å². The second-order valence-electron chi connectivity index (χ2n) is 17.9. The molecular weight excluding hydrogens is 765 g/mol. The number of alkyl carbamates (subject to hydrolysis) is 1. The van der Waals surface area contributed by atoms with Crippen molar-refractivity contribution in [2.24, 2.45) is 34.6 Å². The van der Waals surface area contributed by atoms with E-state index in [9.17, 15) is 24.3 Å². The first-order chi connectivity index (χ1) is 28.9.